The van der Waals surface area contributed by atoms with Gasteiger partial charge in [-0.2, -0.15) is 0 Å². The molecule has 0 spiro atoms. The van der Waals surface area contributed by atoms with Crippen LogP contribution in [0.3, 0.4) is 0 Å². The number of nitrogens with zero attached hydrogens (tertiary/aromatic N) is 4. The molecular formula is C36H43BrN4O7. The van der Waals surface area contributed by atoms with Crippen LogP contribution in [-0.2, 0) is 37.1 Å². The van der Waals surface area contributed by atoms with E-state index in [0.717, 1.165) is 54.3 Å². The van der Waals surface area contributed by atoms with Crippen LogP contribution in [0.1, 0.15) is 56.1 Å². The largest absolute Gasteiger partial charge is 0.445 e. The zero-order valence-corrected chi connectivity index (χ0v) is 28.7. The third kappa shape index (κ3) is 9.91. The Balaban J connectivity index is 0.000000188. The lowest BCUT2D eigenvalue weighted by molar-refractivity contribution is -0.142. The van der Waals surface area contributed by atoms with Crippen LogP contribution in [0.2, 0.25) is 0 Å². The second kappa shape index (κ2) is 17.3. The first-order valence-corrected chi connectivity index (χ1v) is 17.4. The first-order chi connectivity index (χ1) is 23.3. The number of rotatable bonds is 6. The molecular weight excluding hydrogens is 680 g/mol. The molecule has 4 amide bonds. The Morgan fingerprint density at radius 1 is 0.646 bits per heavy atom. The molecule has 2 aromatic carbocycles. The number of likely N-dealkylation sites (tertiary alicyclic amines) is 3. The third-order valence-corrected chi connectivity index (χ3v) is 9.82. The van der Waals surface area contributed by atoms with Gasteiger partial charge >= 0.3 is 12.2 Å². The van der Waals surface area contributed by atoms with Crippen molar-refractivity contribution in [2.24, 2.45) is 0 Å². The van der Waals surface area contributed by atoms with E-state index in [4.69, 9.17) is 9.47 Å². The summed E-state index contributed by atoms with van der Waals surface area (Å²) in [6.45, 7) is 4.25. The second-order valence-electron chi connectivity index (χ2n) is 12.4. The molecule has 0 aromatic heterocycles. The van der Waals surface area contributed by atoms with Crippen molar-refractivity contribution in [3.63, 3.8) is 0 Å². The van der Waals surface area contributed by atoms with E-state index in [0.29, 0.717) is 45.8 Å². The van der Waals surface area contributed by atoms with Gasteiger partial charge < -0.3 is 29.1 Å². The molecule has 12 heteroatoms. The summed E-state index contributed by atoms with van der Waals surface area (Å²) in [5.74, 6) is 0.0211. The number of carbonyl (C=O) groups excluding carboxylic acids is 5. The lowest BCUT2D eigenvalue weighted by Crippen LogP contribution is -2.51. The molecule has 48 heavy (non-hydrogen) atoms. The van der Waals surface area contributed by atoms with Crippen molar-refractivity contribution >= 4 is 45.7 Å². The van der Waals surface area contributed by atoms with Crippen molar-refractivity contribution in [3.05, 3.63) is 82.3 Å². The zero-order chi connectivity index (χ0) is 33.9. The molecule has 0 N–H and O–H groups in total. The summed E-state index contributed by atoms with van der Waals surface area (Å²) in [5, 5.41) is 0. The maximum absolute atomic E-state index is 12.2. The molecule has 3 saturated heterocycles. The van der Waals surface area contributed by atoms with Gasteiger partial charge in [0.15, 0.2) is 0 Å². The Hall–Kier alpha value is -4.19. The molecule has 4 aliphatic rings. The van der Waals surface area contributed by atoms with Gasteiger partial charge in [0.1, 0.15) is 19.0 Å². The van der Waals surface area contributed by atoms with Gasteiger partial charge in [0.2, 0.25) is 11.8 Å². The molecule has 0 unspecified atom stereocenters. The number of benzene rings is 2. The smallest absolute Gasteiger partial charge is 0.410 e. The molecule has 3 fully saturated rings. The van der Waals surface area contributed by atoms with Gasteiger partial charge in [-0.3, -0.25) is 14.4 Å². The average Bonchev–Trinajstić information content (AvgIpc) is 3.11. The van der Waals surface area contributed by atoms with E-state index < -0.39 is 0 Å². The van der Waals surface area contributed by atoms with Crippen molar-refractivity contribution in [1.29, 1.82) is 0 Å². The summed E-state index contributed by atoms with van der Waals surface area (Å²) in [4.78, 5) is 66.9. The molecule has 4 heterocycles. The van der Waals surface area contributed by atoms with E-state index in [1.165, 1.54) is 0 Å². The first kappa shape index (κ1) is 35.1. The van der Waals surface area contributed by atoms with E-state index in [-0.39, 0.29) is 54.9 Å². The number of carbonyl (C=O) groups is 5. The number of piperidine rings is 3. The van der Waals surface area contributed by atoms with Crippen LogP contribution in [0.5, 0.6) is 0 Å². The van der Waals surface area contributed by atoms with E-state index in [1.807, 2.05) is 70.5 Å². The van der Waals surface area contributed by atoms with Gasteiger partial charge in [-0.15, -0.1) is 0 Å². The minimum absolute atomic E-state index is 0.0261. The van der Waals surface area contributed by atoms with E-state index >= 15 is 0 Å². The summed E-state index contributed by atoms with van der Waals surface area (Å²) in [6.07, 6.45) is 5.50. The minimum atomic E-state index is -0.308. The molecule has 2 aromatic rings. The monoisotopic (exact) mass is 722 g/mol. The van der Waals surface area contributed by atoms with Crippen LogP contribution in [-0.4, -0.2) is 101 Å². The lowest BCUT2D eigenvalue weighted by Gasteiger charge is -2.39. The van der Waals surface area contributed by atoms with Gasteiger partial charge in [-0.25, -0.2) is 9.59 Å². The topological polar surface area (TPSA) is 117 Å². The summed E-state index contributed by atoms with van der Waals surface area (Å²) in [5.41, 5.74) is 1.95. The fraction of sp³-hybridized carbons (Fsp3) is 0.472. The first-order valence-electron chi connectivity index (χ1n) is 16.7. The maximum atomic E-state index is 12.2. The van der Waals surface area contributed by atoms with Gasteiger partial charge in [-0.05, 0) is 43.2 Å². The van der Waals surface area contributed by atoms with Crippen LogP contribution in [0.15, 0.2) is 71.2 Å². The highest BCUT2D eigenvalue weighted by atomic mass is 79.9. The van der Waals surface area contributed by atoms with Crippen molar-refractivity contribution in [1.82, 2.24) is 19.6 Å². The average molecular weight is 724 g/mol. The van der Waals surface area contributed by atoms with E-state index in [1.54, 1.807) is 15.9 Å². The standard InChI is InChI=1S/C18H21BrN2O3.C18H22N2O4/c19-15-6-11-21(17(22)12-15)16-7-9-20(10-8-16)18(23)24-13-14-4-2-1-3-5-14;21-16-8-11-20(17(22)12-16)15-6-9-19(10-7-15)18(23)24-13-14-4-2-1-3-5-14/h1-5,12,16H,6-11,13H2;1-5,15H,6-13H2. The third-order valence-electron chi connectivity index (χ3n) is 9.19. The van der Waals surface area contributed by atoms with Crippen molar-refractivity contribution in [2.75, 3.05) is 39.3 Å². The van der Waals surface area contributed by atoms with Gasteiger partial charge in [0, 0.05) is 68.3 Å². The normalized spacial score (nSPS) is 19.4. The number of ketones is 1. The Kier molecular flexibility index (Phi) is 12.6. The number of hydrogen-bond donors (Lipinski definition) is 0. The molecule has 256 valence electrons. The van der Waals surface area contributed by atoms with Crippen LogP contribution in [0.4, 0.5) is 9.59 Å². The van der Waals surface area contributed by atoms with Crippen LogP contribution < -0.4 is 0 Å². The molecule has 0 radical (unpaired) electrons. The number of hydrogen-bond acceptors (Lipinski definition) is 7. The molecule has 0 saturated carbocycles. The fourth-order valence-electron chi connectivity index (χ4n) is 6.45. The van der Waals surface area contributed by atoms with E-state index in [9.17, 15) is 24.0 Å². The van der Waals surface area contributed by atoms with Crippen molar-refractivity contribution < 1.29 is 33.4 Å². The highest BCUT2D eigenvalue weighted by molar-refractivity contribution is 9.11. The predicted molar refractivity (Wildman–Crippen MR) is 182 cm³/mol. The molecule has 0 bridgehead atoms. The number of halogens is 1. The van der Waals surface area contributed by atoms with Gasteiger partial charge in [0.25, 0.3) is 0 Å². The van der Waals surface area contributed by atoms with Crippen molar-refractivity contribution in [3.8, 4) is 0 Å². The number of amides is 4. The van der Waals surface area contributed by atoms with E-state index in [2.05, 4.69) is 15.9 Å². The minimum Gasteiger partial charge on any atom is -0.445 e. The Morgan fingerprint density at radius 3 is 1.56 bits per heavy atom. The Bertz CT molecular complexity index is 1460. The highest BCUT2D eigenvalue weighted by Gasteiger charge is 2.34. The van der Waals surface area contributed by atoms with Crippen LogP contribution >= 0.6 is 15.9 Å². The molecule has 0 atom stereocenters. The molecule has 0 aliphatic carbocycles. The zero-order valence-electron chi connectivity index (χ0n) is 27.1. The number of ether oxygens (including phenoxy) is 2. The van der Waals surface area contributed by atoms with Gasteiger partial charge in [-0.1, -0.05) is 76.6 Å². The van der Waals surface area contributed by atoms with Gasteiger partial charge in [0.05, 0.1) is 6.42 Å². The lowest BCUT2D eigenvalue weighted by atomic mass is 9.99. The molecule has 4 aliphatic heterocycles. The summed E-state index contributed by atoms with van der Waals surface area (Å²) < 4.78 is 11.7. The second-order valence-corrected chi connectivity index (χ2v) is 13.5. The van der Waals surface area contributed by atoms with Crippen LogP contribution in [0.25, 0.3) is 0 Å². The predicted octanol–water partition coefficient (Wildman–Crippen LogP) is 5.28. The Morgan fingerprint density at radius 2 is 1.10 bits per heavy atom. The quantitative estimate of drug-likeness (QED) is 0.373. The number of Topliss-reactive ketones (excluding diaryl/α,β-unsaturated/α-hetero) is 1. The summed E-state index contributed by atoms with van der Waals surface area (Å²) in [6, 6.07) is 19.6. The van der Waals surface area contributed by atoms with Crippen LogP contribution in [0, 0.1) is 0 Å². The fourth-order valence-corrected chi connectivity index (χ4v) is 6.82. The summed E-state index contributed by atoms with van der Waals surface area (Å²) >= 11 is 3.39. The Labute approximate surface area is 289 Å². The molecule has 11 nitrogen and oxygen atoms in total. The highest BCUT2D eigenvalue weighted by Crippen LogP contribution is 2.25. The summed E-state index contributed by atoms with van der Waals surface area (Å²) in [7, 11) is 0. The SMILES string of the molecule is O=C(OCc1ccccc1)N1CCC(N2CCC(Br)=CC2=O)CC1.O=C1CCN(C2CCN(C(=O)OCc3ccccc3)CC2)C(=O)C1. The maximum Gasteiger partial charge on any atom is 0.410 e. The van der Waals surface area contributed by atoms with Crippen molar-refractivity contribution in [2.45, 2.75) is 70.2 Å². The molecule has 6 rings (SSSR count).